The molecular formula is C11H23NO3S. The van der Waals surface area contributed by atoms with Crippen molar-refractivity contribution in [3.05, 3.63) is 0 Å². The maximum Gasteiger partial charge on any atom is 0.212 e. The van der Waals surface area contributed by atoms with Gasteiger partial charge in [-0.1, -0.05) is 27.7 Å². The second kappa shape index (κ2) is 5.02. The summed E-state index contributed by atoms with van der Waals surface area (Å²) in [5.41, 5.74) is -0.178. The summed E-state index contributed by atoms with van der Waals surface area (Å²) >= 11 is 0. The van der Waals surface area contributed by atoms with Crippen LogP contribution in [-0.2, 0) is 14.8 Å². The normalized spacial score (nSPS) is 20.1. The standard InChI is InChI=1S/C11H23NO3S/c1-9(2)5-12-16(13,14)8-11(10(3)4)6-15-7-11/h9-10,12H,5-8H2,1-4H3. The molecule has 5 heteroatoms. The van der Waals surface area contributed by atoms with E-state index < -0.39 is 10.0 Å². The lowest BCUT2D eigenvalue weighted by Crippen LogP contribution is -2.53. The molecule has 1 rings (SSSR count). The Labute approximate surface area is 98.8 Å². The van der Waals surface area contributed by atoms with E-state index in [0.29, 0.717) is 31.6 Å². The summed E-state index contributed by atoms with van der Waals surface area (Å²) in [5, 5.41) is 0. The number of hydrogen-bond donors (Lipinski definition) is 1. The van der Waals surface area contributed by atoms with Crippen molar-refractivity contribution in [3.8, 4) is 0 Å². The molecular weight excluding hydrogens is 226 g/mol. The third kappa shape index (κ3) is 3.43. The molecule has 0 saturated carbocycles. The fraction of sp³-hybridized carbons (Fsp3) is 1.00. The number of nitrogens with one attached hydrogen (secondary N) is 1. The lowest BCUT2D eigenvalue weighted by Gasteiger charge is -2.44. The highest BCUT2D eigenvalue weighted by Gasteiger charge is 2.44. The molecule has 1 heterocycles. The molecule has 0 unspecified atom stereocenters. The Morgan fingerprint density at radius 2 is 1.81 bits per heavy atom. The predicted molar refractivity (Wildman–Crippen MR) is 64.7 cm³/mol. The number of rotatable bonds is 6. The molecule has 16 heavy (non-hydrogen) atoms. The van der Waals surface area contributed by atoms with Crippen LogP contribution in [0.4, 0.5) is 0 Å². The van der Waals surface area contributed by atoms with Crippen LogP contribution in [0.25, 0.3) is 0 Å². The molecule has 1 saturated heterocycles. The van der Waals surface area contributed by atoms with Crippen LogP contribution in [0.5, 0.6) is 0 Å². The number of hydrogen-bond acceptors (Lipinski definition) is 3. The summed E-state index contributed by atoms with van der Waals surface area (Å²) in [6.45, 7) is 9.74. The van der Waals surface area contributed by atoms with Crippen LogP contribution in [-0.4, -0.2) is 33.9 Å². The first-order valence-electron chi connectivity index (χ1n) is 5.82. The van der Waals surface area contributed by atoms with Gasteiger partial charge in [0.1, 0.15) is 0 Å². The Bertz CT molecular complexity index is 318. The molecule has 1 N–H and O–H groups in total. The number of ether oxygens (including phenoxy) is 1. The van der Waals surface area contributed by atoms with Gasteiger partial charge in [-0.2, -0.15) is 0 Å². The molecule has 1 aliphatic heterocycles. The predicted octanol–water partition coefficient (Wildman–Crippen LogP) is 1.23. The molecule has 4 nitrogen and oxygen atoms in total. The zero-order valence-corrected chi connectivity index (χ0v) is 11.4. The third-order valence-electron chi connectivity index (χ3n) is 3.19. The fourth-order valence-corrected chi connectivity index (χ4v) is 3.62. The average Bonchev–Trinajstić information content (AvgIpc) is 2.08. The molecule has 0 amide bonds. The van der Waals surface area contributed by atoms with Crippen LogP contribution in [0.15, 0.2) is 0 Å². The highest BCUT2D eigenvalue weighted by molar-refractivity contribution is 7.89. The van der Waals surface area contributed by atoms with E-state index in [9.17, 15) is 8.42 Å². The Hall–Kier alpha value is -0.130. The zero-order valence-electron chi connectivity index (χ0n) is 10.6. The van der Waals surface area contributed by atoms with Crippen LogP contribution < -0.4 is 4.72 Å². The van der Waals surface area contributed by atoms with Gasteiger partial charge in [-0.05, 0) is 11.8 Å². The second-order valence-electron chi connectivity index (χ2n) is 5.51. The minimum atomic E-state index is -3.17. The third-order valence-corrected chi connectivity index (χ3v) is 4.75. The molecule has 0 aromatic heterocycles. The molecule has 1 fully saturated rings. The maximum atomic E-state index is 11.9. The van der Waals surface area contributed by atoms with Crippen LogP contribution in [0.3, 0.4) is 0 Å². The minimum absolute atomic E-state index is 0.178. The summed E-state index contributed by atoms with van der Waals surface area (Å²) in [5.74, 6) is 0.851. The molecule has 0 aromatic carbocycles. The van der Waals surface area contributed by atoms with Gasteiger partial charge in [-0.3, -0.25) is 0 Å². The number of sulfonamides is 1. The Morgan fingerprint density at radius 1 is 1.25 bits per heavy atom. The fourth-order valence-electron chi connectivity index (χ4n) is 1.67. The van der Waals surface area contributed by atoms with Crippen molar-refractivity contribution in [2.24, 2.45) is 17.3 Å². The van der Waals surface area contributed by atoms with Crippen molar-refractivity contribution in [1.29, 1.82) is 0 Å². The summed E-state index contributed by atoms with van der Waals surface area (Å²) in [7, 11) is -3.17. The van der Waals surface area contributed by atoms with E-state index in [2.05, 4.69) is 18.6 Å². The highest BCUT2D eigenvalue weighted by Crippen LogP contribution is 2.36. The lowest BCUT2D eigenvalue weighted by molar-refractivity contribution is -0.124. The smallest absolute Gasteiger partial charge is 0.212 e. The molecule has 0 aliphatic carbocycles. The van der Waals surface area contributed by atoms with Gasteiger partial charge in [-0.15, -0.1) is 0 Å². The van der Waals surface area contributed by atoms with E-state index in [0.717, 1.165) is 0 Å². The van der Waals surface area contributed by atoms with Crippen molar-refractivity contribution < 1.29 is 13.2 Å². The van der Waals surface area contributed by atoms with Crippen molar-refractivity contribution in [3.63, 3.8) is 0 Å². The van der Waals surface area contributed by atoms with E-state index in [1.165, 1.54) is 0 Å². The maximum absolute atomic E-state index is 11.9. The minimum Gasteiger partial charge on any atom is -0.380 e. The van der Waals surface area contributed by atoms with E-state index in [-0.39, 0.29) is 11.2 Å². The molecule has 0 radical (unpaired) electrons. The van der Waals surface area contributed by atoms with Gasteiger partial charge in [0.2, 0.25) is 10.0 Å². The highest BCUT2D eigenvalue weighted by atomic mass is 32.2. The topological polar surface area (TPSA) is 55.4 Å². The van der Waals surface area contributed by atoms with Crippen LogP contribution >= 0.6 is 0 Å². The lowest BCUT2D eigenvalue weighted by atomic mass is 9.77. The van der Waals surface area contributed by atoms with Gasteiger partial charge in [0.05, 0.1) is 19.0 Å². The molecule has 0 aromatic rings. The Kier molecular flexibility index (Phi) is 4.37. The van der Waals surface area contributed by atoms with E-state index in [1.54, 1.807) is 0 Å². The van der Waals surface area contributed by atoms with Gasteiger partial charge < -0.3 is 4.74 Å². The van der Waals surface area contributed by atoms with Gasteiger partial charge in [0.25, 0.3) is 0 Å². The molecule has 0 spiro atoms. The van der Waals surface area contributed by atoms with Crippen LogP contribution in [0.1, 0.15) is 27.7 Å². The summed E-state index contributed by atoms with van der Waals surface area (Å²) in [6, 6.07) is 0. The molecule has 0 bridgehead atoms. The van der Waals surface area contributed by atoms with Crippen molar-refractivity contribution in [2.45, 2.75) is 27.7 Å². The van der Waals surface area contributed by atoms with Gasteiger partial charge >= 0.3 is 0 Å². The van der Waals surface area contributed by atoms with Gasteiger partial charge in [0, 0.05) is 12.0 Å². The van der Waals surface area contributed by atoms with Crippen molar-refractivity contribution in [1.82, 2.24) is 4.72 Å². The largest absolute Gasteiger partial charge is 0.380 e. The average molecular weight is 249 g/mol. The van der Waals surface area contributed by atoms with Crippen molar-refractivity contribution >= 4 is 10.0 Å². The molecule has 96 valence electrons. The first-order chi connectivity index (χ1) is 7.27. The monoisotopic (exact) mass is 249 g/mol. The zero-order chi connectivity index (χ0) is 12.4. The Morgan fingerprint density at radius 3 is 2.12 bits per heavy atom. The van der Waals surface area contributed by atoms with Gasteiger partial charge in [0.15, 0.2) is 0 Å². The van der Waals surface area contributed by atoms with E-state index in [1.807, 2.05) is 13.8 Å². The quantitative estimate of drug-likeness (QED) is 0.770. The first kappa shape index (κ1) is 13.9. The first-order valence-corrected chi connectivity index (χ1v) is 7.48. The molecule has 0 atom stereocenters. The summed E-state index contributed by atoms with van der Waals surface area (Å²) < 4.78 is 31.6. The van der Waals surface area contributed by atoms with Crippen molar-refractivity contribution in [2.75, 3.05) is 25.5 Å². The van der Waals surface area contributed by atoms with E-state index >= 15 is 0 Å². The van der Waals surface area contributed by atoms with E-state index in [4.69, 9.17) is 4.74 Å². The van der Waals surface area contributed by atoms with Crippen LogP contribution in [0.2, 0.25) is 0 Å². The second-order valence-corrected chi connectivity index (χ2v) is 7.32. The summed E-state index contributed by atoms with van der Waals surface area (Å²) in [6.07, 6.45) is 0. The summed E-state index contributed by atoms with van der Waals surface area (Å²) in [4.78, 5) is 0. The molecule has 1 aliphatic rings. The SMILES string of the molecule is CC(C)CNS(=O)(=O)CC1(C(C)C)COC1. The van der Waals surface area contributed by atoms with Crippen LogP contribution in [0, 0.1) is 17.3 Å². The Balaban J connectivity index is 2.57. The van der Waals surface area contributed by atoms with Gasteiger partial charge in [-0.25, -0.2) is 13.1 Å².